The minimum atomic E-state index is 0.139. The Kier molecular flexibility index (Phi) is 4.68. The summed E-state index contributed by atoms with van der Waals surface area (Å²) in [5, 5.41) is 7.09. The highest BCUT2D eigenvalue weighted by atomic mass is 79.9. The second-order valence-electron chi connectivity index (χ2n) is 4.97. The number of fused-ring (bicyclic) bond motifs is 1. The Morgan fingerprint density at radius 3 is 2.90 bits per heavy atom. The third-order valence-corrected chi connectivity index (χ3v) is 4.91. The van der Waals surface area contributed by atoms with E-state index in [1.807, 2.05) is 6.20 Å². The van der Waals surface area contributed by atoms with Crippen LogP contribution in [0.5, 0.6) is 0 Å². The van der Waals surface area contributed by atoms with Crippen LogP contribution in [0.3, 0.4) is 0 Å². The van der Waals surface area contributed by atoms with Crippen molar-refractivity contribution in [1.29, 1.82) is 0 Å². The van der Waals surface area contributed by atoms with Gasteiger partial charge in [0.25, 0.3) is 0 Å². The summed E-state index contributed by atoms with van der Waals surface area (Å²) in [6, 6.07) is 13.0. The molecule has 0 saturated heterocycles. The number of pyridine rings is 1. The quantitative estimate of drug-likeness (QED) is 0.680. The van der Waals surface area contributed by atoms with Crippen molar-refractivity contribution in [2.75, 3.05) is 6.54 Å². The largest absolute Gasteiger partial charge is 0.305 e. The van der Waals surface area contributed by atoms with Gasteiger partial charge in [-0.2, -0.15) is 0 Å². The highest BCUT2D eigenvalue weighted by Crippen LogP contribution is 2.32. The van der Waals surface area contributed by atoms with E-state index in [0.717, 1.165) is 23.1 Å². The Bertz CT molecular complexity index is 721. The molecule has 0 amide bonds. The first-order valence-corrected chi connectivity index (χ1v) is 8.78. The standard InChI is InChI=1S/C17H17BrN2S/c1-2-9-19-16(15-7-6-13(18)11-20-15)14-5-3-4-12-8-10-21-17(12)14/h3-8,10-11,16,19H,2,9H2,1H3. The van der Waals surface area contributed by atoms with Crippen LogP contribution in [0.25, 0.3) is 10.1 Å². The molecule has 1 unspecified atom stereocenters. The van der Waals surface area contributed by atoms with Gasteiger partial charge < -0.3 is 5.32 Å². The predicted octanol–water partition coefficient (Wildman–Crippen LogP) is 5.15. The molecule has 2 aromatic heterocycles. The summed E-state index contributed by atoms with van der Waals surface area (Å²) in [4.78, 5) is 4.59. The third kappa shape index (κ3) is 3.18. The molecule has 0 bridgehead atoms. The number of nitrogens with one attached hydrogen (secondary N) is 1. The van der Waals surface area contributed by atoms with Gasteiger partial charge in [0.15, 0.2) is 0 Å². The van der Waals surface area contributed by atoms with Crippen molar-refractivity contribution in [2.24, 2.45) is 0 Å². The Balaban J connectivity index is 2.06. The van der Waals surface area contributed by atoms with Crippen LogP contribution in [0.4, 0.5) is 0 Å². The zero-order valence-electron chi connectivity index (χ0n) is 11.8. The van der Waals surface area contributed by atoms with Crippen LogP contribution < -0.4 is 5.32 Å². The second-order valence-corrected chi connectivity index (χ2v) is 6.81. The van der Waals surface area contributed by atoms with Gasteiger partial charge in [0, 0.05) is 15.4 Å². The van der Waals surface area contributed by atoms with Gasteiger partial charge in [0.2, 0.25) is 0 Å². The van der Waals surface area contributed by atoms with Gasteiger partial charge in [0.1, 0.15) is 0 Å². The van der Waals surface area contributed by atoms with E-state index >= 15 is 0 Å². The van der Waals surface area contributed by atoms with Crippen LogP contribution in [0, 0.1) is 0 Å². The third-order valence-electron chi connectivity index (χ3n) is 3.46. The van der Waals surface area contributed by atoms with Crippen molar-refractivity contribution >= 4 is 37.4 Å². The van der Waals surface area contributed by atoms with Crippen molar-refractivity contribution in [3.63, 3.8) is 0 Å². The molecule has 21 heavy (non-hydrogen) atoms. The van der Waals surface area contributed by atoms with Crippen molar-refractivity contribution in [2.45, 2.75) is 19.4 Å². The average Bonchev–Trinajstić information content (AvgIpc) is 2.98. The fourth-order valence-electron chi connectivity index (χ4n) is 2.46. The topological polar surface area (TPSA) is 24.9 Å². The van der Waals surface area contributed by atoms with E-state index in [9.17, 15) is 0 Å². The molecule has 0 spiro atoms. The lowest BCUT2D eigenvalue weighted by Gasteiger charge is -2.19. The molecule has 1 N–H and O–H groups in total. The second kappa shape index (κ2) is 6.69. The predicted molar refractivity (Wildman–Crippen MR) is 93.9 cm³/mol. The number of rotatable bonds is 5. The van der Waals surface area contributed by atoms with E-state index in [1.165, 1.54) is 15.6 Å². The monoisotopic (exact) mass is 360 g/mol. The molecule has 2 nitrogen and oxygen atoms in total. The Labute approximate surface area is 137 Å². The van der Waals surface area contributed by atoms with Crippen LogP contribution >= 0.6 is 27.3 Å². The molecule has 2 heterocycles. The van der Waals surface area contributed by atoms with Crippen molar-refractivity contribution < 1.29 is 0 Å². The van der Waals surface area contributed by atoms with Gasteiger partial charge in [-0.05, 0) is 63.4 Å². The number of aromatic nitrogens is 1. The van der Waals surface area contributed by atoms with E-state index in [1.54, 1.807) is 11.3 Å². The van der Waals surface area contributed by atoms with Crippen molar-refractivity contribution in [1.82, 2.24) is 10.3 Å². The maximum Gasteiger partial charge on any atom is 0.0765 e. The van der Waals surface area contributed by atoms with Crippen molar-refractivity contribution in [3.8, 4) is 0 Å². The van der Waals surface area contributed by atoms with Gasteiger partial charge in [0.05, 0.1) is 11.7 Å². The van der Waals surface area contributed by atoms with E-state index in [2.05, 4.69) is 74.9 Å². The fourth-order valence-corrected chi connectivity index (χ4v) is 3.64. The molecule has 0 fully saturated rings. The molecule has 1 atom stereocenters. The number of thiophene rings is 1. The summed E-state index contributed by atoms with van der Waals surface area (Å²) < 4.78 is 2.35. The minimum absolute atomic E-state index is 0.139. The van der Waals surface area contributed by atoms with Gasteiger partial charge in [-0.1, -0.05) is 25.1 Å². The number of halogens is 1. The zero-order valence-corrected chi connectivity index (χ0v) is 14.2. The average molecular weight is 361 g/mol. The van der Waals surface area contributed by atoms with E-state index in [0.29, 0.717) is 0 Å². The molecule has 4 heteroatoms. The first kappa shape index (κ1) is 14.7. The van der Waals surface area contributed by atoms with Gasteiger partial charge >= 0.3 is 0 Å². The zero-order chi connectivity index (χ0) is 14.7. The molecule has 3 rings (SSSR count). The van der Waals surface area contributed by atoms with Crippen LogP contribution in [-0.4, -0.2) is 11.5 Å². The van der Waals surface area contributed by atoms with Crippen LogP contribution in [0.1, 0.15) is 30.6 Å². The Morgan fingerprint density at radius 2 is 2.14 bits per heavy atom. The summed E-state index contributed by atoms with van der Waals surface area (Å²) in [5.41, 5.74) is 2.37. The summed E-state index contributed by atoms with van der Waals surface area (Å²) in [6.07, 6.45) is 2.97. The van der Waals surface area contributed by atoms with Crippen LogP contribution in [0.2, 0.25) is 0 Å². The molecule has 0 aliphatic heterocycles. The lowest BCUT2D eigenvalue weighted by Crippen LogP contribution is -2.24. The molecular weight excluding hydrogens is 344 g/mol. The van der Waals surface area contributed by atoms with E-state index < -0.39 is 0 Å². The number of hydrogen-bond donors (Lipinski definition) is 1. The highest BCUT2D eigenvalue weighted by molar-refractivity contribution is 9.10. The lowest BCUT2D eigenvalue weighted by atomic mass is 10.0. The summed E-state index contributed by atoms with van der Waals surface area (Å²) in [5.74, 6) is 0. The maximum absolute atomic E-state index is 4.59. The first-order chi connectivity index (χ1) is 10.3. The smallest absolute Gasteiger partial charge is 0.0765 e. The minimum Gasteiger partial charge on any atom is -0.305 e. The van der Waals surface area contributed by atoms with Gasteiger partial charge in [-0.15, -0.1) is 11.3 Å². The molecular formula is C17H17BrN2S. The normalized spacial score (nSPS) is 12.7. The molecule has 0 radical (unpaired) electrons. The first-order valence-electron chi connectivity index (χ1n) is 7.10. The molecule has 3 aromatic rings. The SMILES string of the molecule is CCCNC(c1ccc(Br)cn1)c1cccc2ccsc12. The molecule has 108 valence electrons. The molecule has 0 saturated carbocycles. The van der Waals surface area contributed by atoms with Crippen LogP contribution in [-0.2, 0) is 0 Å². The number of benzene rings is 1. The van der Waals surface area contributed by atoms with E-state index in [4.69, 9.17) is 0 Å². The molecule has 0 aliphatic carbocycles. The molecule has 1 aromatic carbocycles. The fraction of sp³-hybridized carbons (Fsp3) is 0.235. The highest BCUT2D eigenvalue weighted by Gasteiger charge is 2.17. The lowest BCUT2D eigenvalue weighted by molar-refractivity contribution is 0.590. The molecule has 0 aliphatic rings. The van der Waals surface area contributed by atoms with Crippen molar-refractivity contribution in [3.05, 3.63) is 63.7 Å². The number of hydrogen-bond acceptors (Lipinski definition) is 3. The summed E-state index contributed by atoms with van der Waals surface area (Å²) >= 11 is 5.25. The summed E-state index contributed by atoms with van der Waals surface area (Å²) in [7, 11) is 0. The van der Waals surface area contributed by atoms with Gasteiger partial charge in [-0.3, -0.25) is 4.98 Å². The van der Waals surface area contributed by atoms with Gasteiger partial charge in [-0.25, -0.2) is 0 Å². The Hall–Kier alpha value is -1.23. The maximum atomic E-state index is 4.59. The number of nitrogens with zero attached hydrogens (tertiary/aromatic N) is 1. The van der Waals surface area contributed by atoms with E-state index in [-0.39, 0.29) is 6.04 Å². The Morgan fingerprint density at radius 1 is 1.24 bits per heavy atom. The summed E-state index contributed by atoms with van der Waals surface area (Å²) in [6.45, 7) is 3.16. The van der Waals surface area contributed by atoms with Crippen LogP contribution in [0.15, 0.2) is 52.4 Å².